The van der Waals surface area contributed by atoms with Crippen LogP contribution < -0.4 is 15.5 Å². The number of amides is 1. The number of carbonyl (C=O) groups excluding carboxylic acids is 1. The summed E-state index contributed by atoms with van der Waals surface area (Å²) >= 11 is 0. The molecule has 0 aliphatic carbocycles. The topological polar surface area (TPSA) is 100 Å². The number of hydrogen-bond acceptors (Lipinski definition) is 6. The Morgan fingerprint density at radius 3 is 2.86 bits per heavy atom. The molecule has 2 N–H and O–H groups in total. The van der Waals surface area contributed by atoms with Crippen molar-refractivity contribution in [3.63, 3.8) is 0 Å². The van der Waals surface area contributed by atoms with Gasteiger partial charge in [0.15, 0.2) is 0 Å². The van der Waals surface area contributed by atoms with Gasteiger partial charge in [0.1, 0.15) is 5.82 Å². The van der Waals surface area contributed by atoms with Gasteiger partial charge in [-0.1, -0.05) is 0 Å². The Morgan fingerprint density at radius 2 is 2.24 bits per heavy atom. The molecular weight excluding hydrogens is 274 g/mol. The van der Waals surface area contributed by atoms with Gasteiger partial charge in [-0.2, -0.15) is 0 Å². The minimum Gasteiger partial charge on any atom is -0.373 e. The van der Waals surface area contributed by atoms with E-state index in [1.165, 1.54) is 6.07 Å². The molecule has 1 atom stereocenters. The van der Waals surface area contributed by atoms with Gasteiger partial charge in [0.2, 0.25) is 11.7 Å². The molecule has 1 aromatic heterocycles. The largest absolute Gasteiger partial charge is 0.373 e. The predicted octanol–water partition coefficient (Wildman–Crippen LogP) is 0.994. The van der Waals surface area contributed by atoms with Crippen molar-refractivity contribution in [3.05, 3.63) is 22.2 Å². The molecule has 0 radical (unpaired) electrons. The van der Waals surface area contributed by atoms with Gasteiger partial charge in [-0.05, 0) is 18.9 Å². The smallest absolute Gasteiger partial charge is 0.311 e. The predicted molar refractivity (Wildman–Crippen MR) is 79.4 cm³/mol. The quantitative estimate of drug-likeness (QED) is 0.634. The van der Waals surface area contributed by atoms with E-state index in [1.807, 2.05) is 4.90 Å². The standard InChI is InChI=1S/C13H19N5O3/c1-14-11-6-5-10(18(20)21)12(16-11)17-7-3-4-9(8-17)13(19)15-2/h5-6,9H,3-4,7-8H2,1-2H3,(H,14,16)(H,15,19). The molecule has 0 spiro atoms. The van der Waals surface area contributed by atoms with Crippen LogP contribution >= 0.6 is 0 Å². The van der Waals surface area contributed by atoms with Gasteiger partial charge >= 0.3 is 5.69 Å². The van der Waals surface area contributed by atoms with Crippen molar-refractivity contribution in [2.24, 2.45) is 5.92 Å². The average molecular weight is 293 g/mol. The van der Waals surface area contributed by atoms with Gasteiger partial charge in [0, 0.05) is 33.3 Å². The first kappa shape index (κ1) is 15.0. The van der Waals surface area contributed by atoms with Gasteiger partial charge < -0.3 is 15.5 Å². The molecule has 2 heterocycles. The van der Waals surface area contributed by atoms with E-state index < -0.39 is 4.92 Å². The van der Waals surface area contributed by atoms with Crippen LogP contribution in [0, 0.1) is 16.0 Å². The summed E-state index contributed by atoms with van der Waals surface area (Å²) in [5.41, 5.74) is -0.0356. The molecule has 1 saturated heterocycles. The molecule has 21 heavy (non-hydrogen) atoms. The fourth-order valence-corrected chi connectivity index (χ4v) is 2.54. The first-order chi connectivity index (χ1) is 10.1. The molecule has 1 unspecified atom stereocenters. The third-order valence-electron chi connectivity index (χ3n) is 3.65. The summed E-state index contributed by atoms with van der Waals surface area (Å²) in [4.78, 5) is 28.6. The highest BCUT2D eigenvalue weighted by Crippen LogP contribution is 2.31. The summed E-state index contributed by atoms with van der Waals surface area (Å²) in [5.74, 6) is 0.689. The number of nitrogens with zero attached hydrogens (tertiary/aromatic N) is 3. The van der Waals surface area contributed by atoms with Crippen molar-refractivity contribution in [1.82, 2.24) is 10.3 Å². The molecule has 1 amide bonds. The van der Waals surface area contributed by atoms with E-state index >= 15 is 0 Å². The van der Waals surface area contributed by atoms with Crippen molar-refractivity contribution in [2.45, 2.75) is 12.8 Å². The Kier molecular flexibility index (Phi) is 4.56. The number of hydrogen-bond donors (Lipinski definition) is 2. The zero-order chi connectivity index (χ0) is 15.4. The van der Waals surface area contributed by atoms with Gasteiger partial charge in [-0.3, -0.25) is 14.9 Å². The molecular formula is C13H19N5O3. The number of rotatable bonds is 4. The molecule has 114 valence electrons. The Bertz CT molecular complexity index is 549. The summed E-state index contributed by atoms with van der Waals surface area (Å²) in [7, 11) is 3.31. The number of pyridine rings is 1. The summed E-state index contributed by atoms with van der Waals surface area (Å²) in [6, 6.07) is 3.01. The summed E-state index contributed by atoms with van der Waals surface area (Å²) in [6.07, 6.45) is 1.59. The minimum atomic E-state index is -0.439. The summed E-state index contributed by atoms with van der Waals surface area (Å²) < 4.78 is 0. The normalized spacial score (nSPS) is 18.2. The number of nitrogens with one attached hydrogen (secondary N) is 2. The fraction of sp³-hybridized carbons (Fsp3) is 0.538. The maximum absolute atomic E-state index is 11.8. The maximum Gasteiger partial charge on any atom is 0.311 e. The molecule has 1 aliphatic heterocycles. The minimum absolute atomic E-state index is 0.0351. The average Bonchev–Trinajstić information content (AvgIpc) is 2.53. The second kappa shape index (κ2) is 6.38. The molecule has 2 rings (SSSR count). The SMILES string of the molecule is CNC(=O)C1CCCN(c2nc(NC)ccc2[N+](=O)[O-])C1. The highest BCUT2D eigenvalue weighted by atomic mass is 16.6. The van der Waals surface area contributed by atoms with E-state index in [0.29, 0.717) is 24.7 Å². The Labute approximate surface area is 122 Å². The number of anilines is 2. The van der Waals surface area contributed by atoms with Crippen molar-refractivity contribution in [2.75, 3.05) is 37.4 Å². The Morgan fingerprint density at radius 1 is 1.48 bits per heavy atom. The van der Waals surface area contributed by atoms with Gasteiger partial charge in [0.25, 0.3) is 0 Å². The van der Waals surface area contributed by atoms with E-state index in [-0.39, 0.29) is 17.5 Å². The van der Waals surface area contributed by atoms with Crippen molar-refractivity contribution >= 4 is 23.2 Å². The first-order valence-corrected chi connectivity index (χ1v) is 6.86. The number of carbonyl (C=O) groups is 1. The van der Waals surface area contributed by atoms with E-state index in [4.69, 9.17) is 0 Å². The lowest BCUT2D eigenvalue weighted by Gasteiger charge is -2.32. The molecule has 8 nitrogen and oxygen atoms in total. The van der Waals surface area contributed by atoms with E-state index in [9.17, 15) is 14.9 Å². The molecule has 1 fully saturated rings. The van der Waals surface area contributed by atoms with E-state index in [2.05, 4.69) is 15.6 Å². The number of nitro groups is 1. The molecule has 0 aromatic carbocycles. The maximum atomic E-state index is 11.8. The zero-order valence-corrected chi connectivity index (χ0v) is 12.1. The molecule has 1 aliphatic rings. The van der Waals surface area contributed by atoms with E-state index in [0.717, 1.165) is 12.8 Å². The van der Waals surface area contributed by atoms with Crippen LogP contribution in [-0.2, 0) is 4.79 Å². The van der Waals surface area contributed by atoms with E-state index in [1.54, 1.807) is 20.2 Å². The molecule has 0 bridgehead atoms. The van der Waals surface area contributed by atoms with Gasteiger partial charge in [0.05, 0.1) is 10.8 Å². The second-order valence-electron chi connectivity index (χ2n) is 4.95. The first-order valence-electron chi connectivity index (χ1n) is 6.86. The third-order valence-corrected chi connectivity index (χ3v) is 3.65. The van der Waals surface area contributed by atoms with Crippen LogP contribution in [0.3, 0.4) is 0 Å². The summed E-state index contributed by atoms with van der Waals surface area (Å²) in [5, 5.41) is 16.7. The third kappa shape index (κ3) is 3.21. The highest BCUT2D eigenvalue weighted by molar-refractivity contribution is 5.79. The number of aromatic nitrogens is 1. The van der Waals surface area contributed by atoms with Crippen LogP contribution in [-0.4, -0.2) is 43.0 Å². The lowest BCUT2D eigenvalue weighted by atomic mass is 9.97. The van der Waals surface area contributed by atoms with Gasteiger partial charge in [-0.25, -0.2) is 4.98 Å². The Hall–Kier alpha value is -2.38. The monoisotopic (exact) mass is 293 g/mol. The lowest BCUT2D eigenvalue weighted by molar-refractivity contribution is -0.384. The zero-order valence-electron chi connectivity index (χ0n) is 12.1. The second-order valence-corrected chi connectivity index (χ2v) is 4.95. The van der Waals surface area contributed by atoms with Crippen LogP contribution in [0.15, 0.2) is 12.1 Å². The lowest BCUT2D eigenvalue weighted by Crippen LogP contribution is -2.42. The molecule has 8 heteroatoms. The van der Waals surface area contributed by atoms with Crippen molar-refractivity contribution in [3.8, 4) is 0 Å². The van der Waals surface area contributed by atoms with Crippen LogP contribution in [0.5, 0.6) is 0 Å². The van der Waals surface area contributed by atoms with Crippen LogP contribution in [0.1, 0.15) is 12.8 Å². The molecule has 1 aromatic rings. The van der Waals surface area contributed by atoms with Crippen molar-refractivity contribution in [1.29, 1.82) is 0 Å². The van der Waals surface area contributed by atoms with Gasteiger partial charge in [-0.15, -0.1) is 0 Å². The van der Waals surface area contributed by atoms with Crippen LogP contribution in [0.2, 0.25) is 0 Å². The fourth-order valence-electron chi connectivity index (χ4n) is 2.54. The highest BCUT2D eigenvalue weighted by Gasteiger charge is 2.30. The van der Waals surface area contributed by atoms with Crippen LogP contribution in [0.25, 0.3) is 0 Å². The Balaban J connectivity index is 2.31. The van der Waals surface area contributed by atoms with Crippen molar-refractivity contribution < 1.29 is 9.72 Å². The summed E-state index contributed by atoms with van der Waals surface area (Å²) in [6.45, 7) is 1.11. The number of piperidine rings is 1. The molecule has 0 saturated carbocycles. The van der Waals surface area contributed by atoms with Crippen LogP contribution in [0.4, 0.5) is 17.3 Å².